The molecule has 1 saturated carbocycles. The van der Waals surface area contributed by atoms with Crippen molar-refractivity contribution >= 4 is 16.9 Å². The fourth-order valence-electron chi connectivity index (χ4n) is 4.17. The molecule has 0 unspecified atom stereocenters. The maximum atomic E-state index is 13.2. The van der Waals surface area contributed by atoms with Gasteiger partial charge in [-0.25, -0.2) is 4.98 Å². The predicted octanol–water partition coefficient (Wildman–Crippen LogP) is 3.15. The number of hydrogen-bond donors (Lipinski definition) is 1. The van der Waals surface area contributed by atoms with Gasteiger partial charge in [-0.1, -0.05) is 12.1 Å². The SMILES string of the molecule is Cc1nc2ccccc2n1Cc1cc(C(=O)N(CC2CC2)C[C@H]2CCCO2)n[nH]1. The molecular weight excluding hydrogens is 366 g/mol. The number of fused-ring (bicyclic) bond motifs is 1. The fourth-order valence-corrected chi connectivity index (χ4v) is 4.17. The van der Waals surface area contributed by atoms with E-state index >= 15 is 0 Å². The maximum absolute atomic E-state index is 13.2. The van der Waals surface area contributed by atoms with Crippen LogP contribution in [0.5, 0.6) is 0 Å². The Kier molecular flexibility index (Phi) is 4.83. The van der Waals surface area contributed by atoms with E-state index in [0.29, 0.717) is 24.7 Å². The molecule has 1 N–H and O–H groups in total. The number of ether oxygens (including phenoxy) is 1. The first kappa shape index (κ1) is 18.4. The number of imidazole rings is 1. The standard InChI is InChI=1S/C22H27N5O2/c1-15-23-19-6-2-3-7-21(19)27(15)13-17-11-20(25-24-17)22(28)26(12-16-8-9-16)14-18-5-4-10-29-18/h2-3,6-7,11,16,18H,4-5,8-10,12-14H2,1H3,(H,24,25)/t18-/m1/s1. The van der Waals surface area contributed by atoms with Crippen LogP contribution in [0.25, 0.3) is 11.0 Å². The summed E-state index contributed by atoms with van der Waals surface area (Å²) in [5.41, 5.74) is 3.46. The van der Waals surface area contributed by atoms with Gasteiger partial charge in [0, 0.05) is 19.7 Å². The molecule has 1 aliphatic heterocycles. The number of rotatable bonds is 7. The molecule has 29 heavy (non-hydrogen) atoms. The lowest BCUT2D eigenvalue weighted by atomic mass is 10.2. The van der Waals surface area contributed by atoms with Gasteiger partial charge in [0.15, 0.2) is 0 Å². The number of para-hydroxylation sites is 2. The van der Waals surface area contributed by atoms with Crippen LogP contribution in [0.15, 0.2) is 30.3 Å². The number of amides is 1. The molecule has 152 valence electrons. The van der Waals surface area contributed by atoms with Gasteiger partial charge in [-0.15, -0.1) is 0 Å². The monoisotopic (exact) mass is 393 g/mol. The second-order valence-electron chi connectivity index (χ2n) is 8.30. The van der Waals surface area contributed by atoms with E-state index < -0.39 is 0 Å². The molecule has 2 aliphatic rings. The van der Waals surface area contributed by atoms with Gasteiger partial charge < -0.3 is 14.2 Å². The van der Waals surface area contributed by atoms with Crippen LogP contribution in [0.3, 0.4) is 0 Å². The molecule has 0 bridgehead atoms. The third kappa shape index (κ3) is 3.92. The van der Waals surface area contributed by atoms with Crippen LogP contribution < -0.4 is 0 Å². The molecule has 0 radical (unpaired) electrons. The number of nitrogens with one attached hydrogen (secondary N) is 1. The molecule has 7 heteroatoms. The summed E-state index contributed by atoms with van der Waals surface area (Å²) in [4.78, 5) is 19.7. The molecule has 2 fully saturated rings. The van der Waals surface area contributed by atoms with Crippen molar-refractivity contribution < 1.29 is 9.53 Å². The minimum absolute atomic E-state index is 0.00195. The van der Waals surface area contributed by atoms with Gasteiger partial charge >= 0.3 is 0 Å². The Morgan fingerprint density at radius 3 is 2.93 bits per heavy atom. The zero-order valence-electron chi connectivity index (χ0n) is 16.8. The Labute approximate surface area is 170 Å². The zero-order chi connectivity index (χ0) is 19.8. The minimum Gasteiger partial charge on any atom is -0.376 e. The molecule has 1 atom stereocenters. The van der Waals surface area contributed by atoms with Crippen molar-refractivity contribution in [3.63, 3.8) is 0 Å². The van der Waals surface area contributed by atoms with E-state index in [9.17, 15) is 4.79 Å². The Hall–Kier alpha value is -2.67. The van der Waals surface area contributed by atoms with Crippen LogP contribution in [0.1, 0.15) is 47.7 Å². The molecule has 1 saturated heterocycles. The van der Waals surface area contributed by atoms with E-state index in [1.54, 1.807) is 0 Å². The van der Waals surface area contributed by atoms with E-state index in [4.69, 9.17) is 4.74 Å². The van der Waals surface area contributed by atoms with Gasteiger partial charge in [-0.3, -0.25) is 9.89 Å². The number of carbonyl (C=O) groups is 1. The van der Waals surface area contributed by atoms with E-state index in [1.807, 2.05) is 36.1 Å². The lowest BCUT2D eigenvalue weighted by Crippen LogP contribution is -2.39. The quantitative estimate of drug-likeness (QED) is 0.669. The van der Waals surface area contributed by atoms with Crippen molar-refractivity contribution in [2.24, 2.45) is 5.92 Å². The molecule has 2 aromatic heterocycles. The predicted molar refractivity (Wildman–Crippen MR) is 110 cm³/mol. The topological polar surface area (TPSA) is 76.0 Å². The Bertz CT molecular complexity index is 1010. The minimum atomic E-state index is 0.00195. The van der Waals surface area contributed by atoms with Crippen LogP contribution in [-0.4, -0.2) is 56.4 Å². The van der Waals surface area contributed by atoms with E-state index in [0.717, 1.165) is 48.5 Å². The third-order valence-electron chi connectivity index (χ3n) is 5.93. The highest BCUT2D eigenvalue weighted by molar-refractivity contribution is 5.92. The Morgan fingerprint density at radius 1 is 1.28 bits per heavy atom. The summed E-state index contributed by atoms with van der Waals surface area (Å²) >= 11 is 0. The highest BCUT2D eigenvalue weighted by Crippen LogP contribution is 2.30. The van der Waals surface area contributed by atoms with Crippen LogP contribution in [0.4, 0.5) is 0 Å². The van der Waals surface area contributed by atoms with Crippen molar-refractivity contribution in [3.05, 3.63) is 47.5 Å². The summed E-state index contributed by atoms with van der Waals surface area (Å²) < 4.78 is 7.91. The molecule has 1 amide bonds. The summed E-state index contributed by atoms with van der Waals surface area (Å²) in [6, 6.07) is 9.97. The molecule has 0 spiro atoms. The van der Waals surface area contributed by atoms with Crippen molar-refractivity contribution in [3.8, 4) is 0 Å². The number of aromatic nitrogens is 4. The summed E-state index contributed by atoms with van der Waals surface area (Å²) in [5, 5.41) is 7.40. The van der Waals surface area contributed by atoms with Crippen LogP contribution in [0, 0.1) is 12.8 Å². The first-order valence-corrected chi connectivity index (χ1v) is 10.5. The Morgan fingerprint density at radius 2 is 2.14 bits per heavy atom. The first-order valence-electron chi connectivity index (χ1n) is 10.5. The van der Waals surface area contributed by atoms with Gasteiger partial charge in [-0.05, 0) is 56.7 Å². The number of carbonyl (C=O) groups excluding carboxylic acids is 1. The molecule has 7 nitrogen and oxygen atoms in total. The highest BCUT2D eigenvalue weighted by Gasteiger charge is 2.31. The number of aromatic amines is 1. The maximum Gasteiger partial charge on any atom is 0.274 e. The molecule has 3 heterocycles. The average Bonchev–Trinajstić information content (AvgIpc) is 3.09. The largest absolute Gasteiger partial charge is 0.376 e. The van der Waals surface area contributed by atoms with Crippen LogP contribution >= 0.6 is 0 Å². The van der Waals surface area contributed by atoms with Crippen molar-refractivity contribution in [1.82, 2.24) is 24.6 Å². The molecular formula is C22H27N5O2. The summed E-state index contributed by atoms with van der Waals surface area (Å²) in [5.74, 6) is 1.59. The highest BCUT2D eigenvalue weighted by atomic mass is 16.5. The first-order chi connectivity index (χ1) is 14.2. The normalized spacial score (nSPS) is 19.1. The summed E-state index contributed by atoms with van der Waals surface area (Å²) in [6.45, 7) is 4.90. The summed E-state index contributed by atoms with van der Waals surface area (Å²) in [7, 11) is 0. The second-order valence-corrected chi connectivity index (χ2v) is 8.30. The number of hydrogen-bond acceptors (Lipinski definition) is 4. The zero-order valence-corrected chi connectivity index (χ0v) is 16.8. The van der Waals surface area contributed by atoms with E-state index in [-0.39, 0.29) is 12.0 Å². The third-order valence-corrected chi connectivity index (χ3v) is 5.93. The van der Waals surface area contributed by atoms with Gasteiger partial charge in [0.1, 0.15) is 11.5 Å². The van der Waals surface area contributed by atoms with Crippen molar-refractivity contribution in [1.29, 1.82) is 0 Å². The van der Waals surface area contributed by atoms with Crippen LogP contribution in [-0.2, 0) is 11.3 Å². The fraction of sp³-hybridized carbons (Fsp3) is 0.500. The van der Waals surface area contributed by atoms with Crippen molar-refractivity contribution in [2.75, 3.05) is 19.7 Å². The number of aryl methyl sites for hydroxylation is 1. The summed E-state index contributed by atoms with van der Waals surface area (Å²) in [6.07, 6.45) is 4.71. The van der Waals surface area contributed by atoms with E-state index in [1.165, 1.54) is 12.8 Å². The van der Waals surface area contributed by atoms with Gasteiger partial charge in [0.25, 0.3) is 5.91 Å². The van der Waals surface area contributed by atoms with Gasteiger partial charge in [-0.2, -0.15) is 5.10 Å². The van der Waals surface area contributed by atoms with Crippen molar-refractivity contribution in [2.45, 2.75) is 45.3 Å². The lowest BCUT2D eigenvalue weighted by Gasteiger charge is -2.24. The average molecular weight is 393 g/mol. The van der Waals surface area contributed by atoms with E-state index in [2.05, 4.69) is 25.8 Å². The number of benzene rings is 1. The molecule has 1 aromatic carbocycles. The molecule has 1 aliphatic carbocycles. The second kappa shape index (κ2) is 7.63. The number of nitrogens with zero attached hydrogens (tertiary/aromatic N) is 4. The lowest BCUT2D eigenvalue weighted by molar-refractivity contribution is 0.0510. The number of H-pyrrole nitrogens is 1. The van der Waals surface area contributed by atoms with Crippen LogP contribution in [0.2, 0.25) is 0 Å². The molecule has 3 aromatic rings. The molecule has 5 rings (SSSR count). The van der Waals surface area contributed by atoms with Gasteiger partial charge in [0.2, 0.25) is 0 Å². The Balaban J connectivity index is 1.33. The van der Waals surface area contributed by atoms with Gasteiger partial charge in [0.05, 0.1) is 29.4 Å². The smallest absolute Gasteiger partial charge is 0.274 e.